The second kappa shape index (κ2) is 5.92. The summed E-state index contributed by atoms with van der Waals surface area (Å²) in [6.07, 6.45) is 1.48. The van der Waals surface area contributed by atoms with Crippen molar-refractivity contribution in [2.24, 2.45) is 0 Å². The zero-order chi connectivity index (χ0) is 14.5. The van der Waals surface area contributed by atoms with E-state index in [9.17, 15) is 4.79 Å². The van der Waals surface area contributed by atoms with E-state index in [0.717, 1.165) is 0 Å². The van der Waals surface area contributed by atoms with Crippen LogP contribution in [-0.2, 0) is 0 Å². The minimum Gasteiger partial charge on any atom is -0.497 e. The molecule has 0 aliphatic carbocycles. The minimum atomic E-state index is -0.360. The molecule has 0 aliphatic rings. The maximum absolute atomic E-state index is 12.1. The number of benzene rings is 1. The molecule has 0 aliphatic heterocycles. The third kappa shape index (κ3) is 2.97. The Morgan fingerprint density at radius 1 is 1.20 bits per heavy atom. The minimum absolute atomic E-state index is 0.239. The summed E-state index contributed by atoms with van der Waals surface area (Å²) >= 11 is 0. The number of carbonyl (C=O) groups is 1. The average molecular weight is 273 g/mol. The number of anilines is 2. The smallest absolute Gasteiger partial charge is 0.274 e. The van der Waals surface area contributed by atoms with Crippen molar-refractivity contribution < 1.29 is 14.3 Å². The summed E-state index contributed by atoms with van der Waals surface area (Å²) < 4.78 is 10.3. The van der Waals surface area contributed by atoms with Gasteiger partial charge < -0.3 is 20.5 Å². The molecular weight excluding hydrogens is 258 g/mol. The van der Waals surface area contributed by atoms with Gasteiger partial charge in [-0.2, -0.15) is 0 Å². The van der Waals surface area contributed by atoms with Gasteiger partial charge in [-0.15, -0.1) is 0 Å². The third-order valence-corrected chi connectivity index (χ3v) is 2.67. The summed E-state index contributed by atoms with van der Waals surface area (Å²) in [5, 5.41) is 2.72. The lowest BCUT2D eigenvalue weighted by Crippen LogP contribution is -2.14. The molecule has 0 spiro atoms. The van der Waals surface area contributed by atoms with E-state index < -0.39 is 0 Å². The van der Waals surface area contributed by atoms with Crippen LogP contribution in [0.15, 0.2) is 36.5 Å². The van der Waals surface area contributed by atoms with Gasteiger partial charge in [-0.3, -0.25) is 9.78 Å². The van der Waals surface area contributed by atoms with E-state index in [4.69, 9.17) is 15.2 Å². The highest BCUT2D eigenvalue weighted by atomic mass is 16.5. The molecule has 0 saturated heterocycles. The lowest BCUT2D eigenvalue weighted by atomic mass is 10.2. The van der Waals surface area contributed by atoms with Crippen LogP contribution in [0.2, 0.25) is 0 Å². The highest BCUT2D eigenvalue weighted by molar-refractivity contribution is 6.04. The fraction of sp³-hybridized carbons (Fsp3) is 0.143. The molecule has 20 heavy (non-hydrogen) atoms. The molecule has 6 nitrogen and oxygen atoms in total. The van der Waals surface area contributed by atoms with E-state index in [1.807, 2.05) is 0 Å². The number of aromatic nitrogens is 1. The number of rotatable bonds is 4. The van der Waals surface area contributed by atoms with Crippen LogP contribution in [-0.4, -0.2) is 25.1 Å². The second-order valence-electron chi connectivity index (χ2n) is 3.99. The van der Waals surface area contributed by atoms with Crippen LogP contribution in [0.1, 0.15) is 10.5 Å². The SMILES string of the molecule is COc1ccc(NC(=O)c2cc(N)ccn2)c(OC)c1. The lowest BCUT2D eigenvalue weighted by molar-refractivity contribution is 0.102. The van der Waals surface area contributed by atoms with Crippen LogP contribution >= 0.6 is 0 Å². The zero-order valence-electron chi connectivity index (χ0n) is 11.2. The van der Waals surface area contributed by atoms with Gasteiger partial charge in [0.1, 0.15) is 17.2 Å². The van der Waals surface area contributed by atoms with Crippen LogP contribution in [0, 0.1) is 0 Å². The van der Waals surface area contributed by atoms with E-state index in [1.165, 1.54) is 19.4 Å². The molecule has 1 amide bonds. The number of pyridine rings is 1. The summed E-state index contributed by atoms with van der Waals surface area (Å²) in [7, 11) is 3.08. The molecule has 1 aromatic heterocycles. The molecule has 0 atom stereocenters. The molecule has 2 aromatic rings. The van der Waals surface area contributed by atoms with Crippen LogP contribution < -0.4 is 20.5 Å². The maximum Gasteiger partial charge on any atom is 0.274 e. The molecule has 0 fully saturated rings. The van der Waals surface area contributed by atoms with Crippen molar-refractivity contribution in [3.63, 3.8) is 0 Å². The van der Waals surface area contributed by atoms with Gasteiger partial charge in [0.25, 0.3) is 5.91 Å². The fourth-order valence-corrected chi connectivity index (χ4v) is 1.66. The first-order chi connectivity index (χ1) is 9.63. The van der Waals surface area contributed by atoms with Crippen molar-refractivity contribution in [3.8, 4) is 11.5 Å². The zero-order valence-corrected chi connectivity index (χ0v) is 11.2. The van der Waals surface area contributed by atoms with Crippen LogP contribution in [0.5, 0.6) is 11.5 Å². The van der Waals surface area contributed by atoms with Gasteiger partial charge in [0.05, 0.1) is 19.9 Å². The van der Waals surface area contributed by atoms with Crippen LogP contribution in [0.4, 0.5) is 11.4 Å². The first-order valence-corrected chi connectivity index (χ1v) is 5.89. The van der Waals surface area contributed by atoms with E-state index in [1.54, 1.807) is 31.4 Å². The summed E-state index contributed by atoms with van der Waals surface area (Å²) in [6.45, 7) is 0. The molecule has 1 heterocycles. The van der Waals surface area contributed by atoms with Gasteiger partial charge in [-0.25, -0.2) is 0 Å². The molecule has 1 aromatic carbocycles. The maximum atomic E-state index is 12.1. The molecule has 104 valence electrons. The first kappa shape index (κ1) is 13.7. The van der Waals surface area contributed by atoms with E-state index >= 15 is 0 Å². The molecule has 2 rings (SSSR count). The third-order valence-electron chi connectivity index (χ3n) is 2.67. The number of hydrogen-bond acceptors (Lipinski definition) is 5. The highest BCUT2D eigenvalue weighted by Gasteiger charge is 2.11. The largest absolute Gasteiger partial charge is 0.497 e. The number of ether oxygens (including phenoxy) is 2. The van der Waals surface area contributed by atoms with Crippen LogP contribution in [0.3, 0.4) is 0 Å². The number of nitrogens with two attached hydrogens (primary N) is 1. The Hall–Kier alpha value is -2.76. The Balaban J connectivity index is 2.23. The molecule has 0 bridgehead atoms. The van der Waals surface area contributed by atoms with Gasteiger partial charge in [0.2, 0.25) is 0 Å². The summed E-state index contributed by atoms with van der Waals surface area (Å²) in [4.78, 5) is 16.0. The number of carbonyl (C=O) groups excluding carboxylic acids is 1. The van der Waals surface area contributed by atoms with E-state index in [-0.39, 0.29) is 11.6 Å². The Morgan fingerprint density at radius 2 is 2.00 bits per heavy atom. The second-order valence-corrected chi connectivity index (χ2v) is 3.99. The molecular formula is C14H15N3O3. The van der Waals surface area contributed by atoms with Gasteiger partial charge in [0.15, 0.2) is 0 Å². The predicted octanol–water partition coefficient (Wildman–Crippen LogP) is 1.93. The normalized spacial score (nSPS) is 9.90. The van der Waals surface area contributed by atoms with Crippen molar-refractivity contribution in [1.29, 1.82) is 0 Å². The number of nitrogen functional groups attached to an aromatic ring is 1. The Kier molecular flexibility index (Phi) is 4.05. The average Bonchev–Trinajstić information content (AvgIpc) is 2.47. The Labute approximate surface area is 116 Å². The van der Waals surface area contributed by atoms with Crippen molar-refractivity contribution in [1.82, 2.24) is 4.98 Å². The van der Waals surface area contributed by atoms with E-state index in [2.05, 4.69) is 10.3 Å². The molecule has 0 radical (unpaired) electrons. The Bertz CT molecular complexity index is 629. The number of hydrogen-bond donors (Lipinski definition) is 2. The predicted molar refractivity (Wildman–Crippen MR) is 76.1 cm³/mol. The van der Waals surface area contributed by atoms with Crippen molar-refractivity contribution in [2.75, 3.05) is 25.3 Å². The monoisotopic (exact) mass is 273 g/mol. The number of nitrogens with one attached hydrogen (secondary N) is 1. The topological polar surface area (TPSA) is 86.5 Å². The Morgan fingerprint density at radius 3 is 2.65 bits per heavy atom. The van der Waals surface area contributed by atoms with Gasteiger partial charge in [-0.05, 0) is 24.3 Å². The highest BCUT2D eigenvalue weighted by Crippen LogP contribution is 2.29. The summed E-state index contributed by atoms with van der Waals surface area (Å²) in [6, 6.07) is 8.23. The fourth-order valence-electron chi connectivity index (χ4n) is 1.66. The molecule has 6 heteroatoms. The molecule has 0 unspecified atom stereocenters. The van der Waals surface area contributed by atoms with Crippen molar-refractivity contribution in [2.45, 2.75) is 0 Å². The lowest BCUT2D eigenvalue weighted by Gasteiger charge is -2.11. The number of amides is 1. The van der Waals surface area contributed by atoms with Crippen LogP contribution in [0.25, 0.3) is 0 Å². The number of nitrogens with zero attached hydrogens (tertiary/aromatic N) is 1. The first-order valence-electron chi connectivity index (χ1n) is 5.89. The molecule has 3 N–H and O–H groups in total. The van der Waals surface area contributed by atoms with Gasteiger partial charge in [-0.1, -0.05) is 0 Å². The molecule has 0 saturated carbocycles. The quantitative estimate of drug-likeness (QED) is 0.889. The van der Waals surface area contributed by atoms with Gasteiger partial charge in [0, 0.05) is 18.0 Å². The van der Waals surface area contributed by atoms with Crippen molar-refractivity contribution >= 4 is 17.3 Å². The standard InChI is InChI=1S/C14H15N3O3/c1-19-10-3-4-11(13(8-10)20-2)17-14(18)12-7-9(15)5-6-16-12/h3-8H,1-2H3,(H2,15,16)(H,17,18). The van der Waals surface area contributed by atoms with Crippen molar-refractivity contribution in [3.05, 3.63) is 42.2 Å². The van der Waals surface area contributed by atoms with Gasteiger partial charge >= 0.3 is 0 Å². The summed E-state index contributed by atoms with van der Waals surface area (Å²) in [5.41, 5.74) is 6.87. The van der Waals surface area contributed by atoms with E-state index in [0.29, 0.717) is 22.9 Å². The summed E-state index contributed by atoms with van der Waals surface area (Å²) in [5.74, 6) is 0.782. The number of methoxy groups -OCH3 is 2.